The van der Waals surface area contributed by atoms with Gasteiger partial charge in [-0.2, -0.15) is 0 Å². The molecule has 120 valence electrons. The number of nitrogens with zero attached hydrogens (tertiary/aromatic N) is 1. The molecular formula is C16H26Cl2N2O. The van der Waals surface area contributed by atoms with Gasteiger partial charge in [0.2, 0.25) is 0 Å². The Labute approximate surface area is 138 Å². The lowest BCUT2D eigenvalue weighted by Crippen LogP contribution is -2.43. The van der Waals surface area contributed by atoms with Crippen LogP contribution in [0.15, 0.2) is 18.2 Å². The lowest BCUT2D eigenvalue weighted by atomic mass is 10.0. The fraction of sp³-hybridized carbons (Fsp3) is 0.625. The lowest BCUT2D eigenvalue weighted by molar-refractivity contribution is 0.0818. The summed E-state index contributed by atoms with van der Waals surface area (Å²) < 4.78 is 5.25. The molecule has 0 bridgehead atoms. The number of ether oxygens (including phenoxy) is 1. The van der Waals surface area contributed by atoms with Gasteiger partial charge in [0.1, 0.15) is 0 Å². The molecular weight excluding hydrogens is 307 g/mol. The first-order valence-electron chi connectivity index (χ1n) is 7.49. The zero-order valence-electron chi connectivity index (χ0n) is 13.1. The Bertz CT molecular complexity index is 404. The monoisotopic (exact) mass is 332 g/mol. The van der Waals surface area contributed by atoms with E-state index in [0.717, 1.165) is 24.9 Å². The second kappa shape index (κ2) is 9.65. The molecule has 0 heterocycles. The van der Waals surface area contributed by atoms with Crippen LogP contribution < -0.4 is 5.73 Å². The van der Waals surface area contributed by atoms with E-state index in [4.69, 9.17) is 33.7 Å². The Morgan fingerprint density at radius 1 is 1.19 bits per heavy atom. The number of nitrogens with two attached hydrogens (primary N) is 1. The quantitative estimate of drug-likeness (QED) is 0.738. The Morgan fingerprint density at radius 2 is 1.76 bits per heavy atom. The number of rotatable bonds is 9. The molecule has 0 fully saturated rings. The van der Waals surface area contributed by atoms with Crippen LogP contribution in [0.3, 0.4) is 0 Å². The van der Waals surface area contributed by atoms with Gasteiger partial charge in [-0.15, -0.1) is 0 Å². The van der Waals surface area contributed by atoms with Crippen molar-refractivity contribution in [2.75, 3.05) is 26.8 Å². The van der Waals surface area contributed by atoms with E-state index in [2.05, 4.69) is 18.7 Å². The lowest BCUT2D eigenvalue weighted by Gasteiger charge is -2.37. The van der Waals surface area contributed by atoms with Gasteiger partial charge in [-0.3, -0.25) is 4.90 Å². The predicted octanol–water partition coefficient (Wildman–Crippen LogP) is 4.13. The minimum absolute atomic E-state index is 0.00579. The smallest absolute Gasteiger partial charge is 0.0590 e. The highest BCUT2D eigenvalue weighted by Crippen LogP contribution is 2.34. The van der Waals surface area contributed by atoms with Gasteiger partial charge < -0.3 is 10.5 Å². The van der Waals surface area contributed by atoms with Crippen molar-refractivity contribution in [2.45, 2.75) is 38.8 Å². The van der Waals surface area contributed by atoms with Crippen LogP contribution in [0.5, 0.6) is 0 Å². The molecule has 2 N–H and O–H groups in total. The average molecular weight is 333 g/mol. The molecule has 1 rings (SSSR count). The Balaban J connectivity index is 3.16. The maximum Gasteiger partial charge on any atom is 0.0590 e. The van der Waals surface area contributed by atoms with Crippen molar-refractivity contribution in [1.29, 1.82) is 0 Å². The first-order chi connectivity index (χ1) is 10.1. The predicted molar refractivity (Wildman–Crippen MR) is 91.2 cm³/mol. The van der Waals surface area contributed by atoms with Crippen LogP contribution in [-0.2, 0) is 4.74 Å². The van der Waals surface area contributed by atoms with Crippen LogP contribution in [0.1, 0.15) is 38.3 Å². The normalized spacial score (nSPS) is 13.1. The molecule has 5 heteroatoms. The Kier molecular flexibility index (Phi) is 8.60. The second-order valence-electron chi connectivity index (χ2n) is 5.09. The van der Waals surface area contributed by atoms with Gasteiger partial charge in [0.25, 0.3) is 0 Å². The molecule has 0 aliphatic carbocycles. The maximum absolute atomic E-state index is 6.37. The van der Waals surface area contributed by atoms with Crippen molar-refractivity contribution in [3.8, 4) is 0 Å². The van der Waals surface area contributed by atoms with Crippen molar-refractivity contribution in [1.82, 2.24) is 4.90 Å². The molecule has 0 aromatic heterocycles. The van der Waals surface area contributed by atoms with Crippen LogP contribution in [-0.4, -0.2) is 37.7 Å². The zero-order valence-corrected chi connectivity index (χ0v) is 14.6. The summed E-state index contributed by atoms with van der Waals surface area (Å²) in [5.74, 6) is 0. The van der Waals surface area contributed by atoms with E-state index < -0.39 is 0 Å². The standard InChI is InChI=1S/C16H26Cl2N2O/c1-4-12(5-2)20(9-10-21-3)15(11-19)16-13(17)7-6-8-14(16)18/h6-8,12,15H,4-5,9-11,19H2,1-3H3. The molecule has 0 radical (unpaired) electrons. The minimum atomic E-state index is 0.00579. The van der Waals surface area contributed by atoms with E-state index >= 15 is 0 Å². The summed E-state index contributed by atoms with van der Waals surface area (Å²) in [4.78, 5) is 2.37. The molecule has 1 aromatic rings. The number of benzene rings is 1. The molecule has 1 unspecified atom stereocenters. The number of hydrogen-bond donors (Lipinski definition) is 1. The highest BCUT2D eigenvalue weighted by Gasteiger charge is 2.27. The van der Waals surface area contributed by atoms with E-state index in [0.29, 0.717) is 29.2 Å². The summed E-state index contributed by atoms with van der Waals surface area (Å²) in [5.41, 5.74) is 6.99. The van der Waals surface area contributed by atoms with Crippen LogP contribution in [0, 0.1) is 0 Å². The second-order valence-corrected chi connectivity index (χ2v) is 5.90. The third kappa shape index (κ3) is 4.83. The topological polar surface area (TPSA) is 38.5 Å². The van der Waals surface area contributed by atoms with Crippen LogP contribution in [0.2, 0.25) is 10.0 Å². The Hall–Kier alpha value is -0.320. The summed E-state index contributed by atoms with van der Waals surface area (Å²) in [6.45, 7) is 6.33. The van der Waals surface area contributed by atoms with E-state index in [1.807, 2.05) is 18.2 Å². The van der Waals surface area contributed by atoms with E-state index in [1.54, 1.807) is 7.11 Å². The molecule has 0 spiro atoms. The fourth-order valence-electron chi connectivity index (χ4n) is 2.80. The van der Waals surface area contributed by atoms with Gasteiger partial charge in [-0.05, 0) is 25.0 Å². The third-order valence-corrected chi connectivity index (χ3v) is 4.58. The van der Waals surface area contributed by atoms with Gasteiger partial charge in [-0.1, -0.05) is 43.1 Å². The van der Waals surface area contributed by atoms with Gasteiger partial charge in [0, 0.05) is 41.8 Å². The molecule has 0 aliphatic heterocycles. The molecule has 1 atom stereocenters. The van der Waals surface area contributed by atoms with Crippen LogP contribution in [0.25, 0.3) is 0 Å². The van der Waals surface area contributed by atoms with E-state index in [-0.39, 0.29) is 6.04 Å². The van der Waals surface area contributed by atoms with Crippen molar-refractivity contribution in [3.63, 3.8) is 0 Å². The van der Waals surface area contributed by atoms with Crippen molar-refractivity contribution >= 4 is 23.2 Å². The van der Waals surface area contributed by atoms with Gasteiger partial charge in [0.05, 0.1) is 12.6 Å². The van der Waals surface area contributed by atoms with Gasteiger partial charge in [0.15, 0.2) is 0 Å². The highest BCUT2D eigenvalue weighted by molar-refractivity contribution is 6.36. The first kappa shape index (κ1) is 18.7. The SMILES string of the molecule is CCC(CC)N(CCOC)C(CN)c1c(Cl)cccc1Cl. The van der Waals surface area contributed by atoms with E-state index in [1.165, 1.54) is 0 Å². The summed E-state index contributed by atoms with van der Waals surface area (Å²) in [7, 11) is 1.71. The highest BCUT2D eigenvalue weighted by atomic mass is 35.5. The first-order valence-corrected chi connectivity index (χ1v) is 8.24. The largest absolute Gasteiger partial charge is 0.383 e. The van der Waals surface area contributed by atoms with Gasteiger partial charge >= 0.3 is 0 Å². The number of hydrogen-bond acceptors (Lipinski definition) is 3. The van der Waals surface area contributed by atoms with E-state index in [9.17, 15) is 0 Å². The maximum atomic E-state index is 6.37. The van der Waals surface area contributed by atoms with Crippen molar-refractivity contribution in [3.05, 3.63) is 33.8 Å². The fourth-order valence-corrected chi connectivity index (χ4v) is 3.44. The third-order valence-electron chi connectivity index (χ3n) is 3.92. The molecule has 1 aromatic carbocycles. The molecule has 3 nitrogen and oxygen atoms in total. The average Bonchev–Trinajstić information content (AvgIpc) is 2.48. The summed E-state index contributed by atoms with van der Waals surface area (Å²) in [5, 5.41) is 1.35. The summed E-state index contributed by atoms with van der Waals surface area (Å²) in [6.07, 6.45) is 2.11. The van der Waals surface area contributed by atoms with Crippen molar-refractivity contribution < 1.29 is 4.74 Å². The molecule has 0 amide bonds. The number of methoxy groups -OCH3 is 1. The Morgan fingerprint density at radius 3 is 2.19 bits per heavy atom. The molecule has 21 heavy (non-hydrogen) atoms. The minimum Gasteiger partial charge on any atom is -0.383 e. The van der Waals surface area contributed by atoms with Gasteiger partial charge in [-0.25, -0.2) is 0 Å². The molecule has 0 aliphatic rings. The summed E-state index contributed by atoms with van der Waals surface area (Å²) in [6, 6.07) is 6.03. The summed E-state index contributed by atoms with van der Waals surface area (Å²) >= 11 is 12.7. The molecule has 0 saturated heterocycles. The zero-order chi connectivity index (χ0) is 15.8. The molecule has 0 saturated carbocycles. The number of halogens is 2. The van der Waals surface area contributed by atoms with Crippen LogP contribution >= 0.6 is 23.2 Å². The van der Waals surface area contributed by atoms with Crippen LogP contribution in [0.4, 0.5) is 0 Å². The van der Waals surface area contributed by atoms with Crippen molar-refractivity contribution in [2.24, 2.45) is 5.73 Å².